The third-order valence-corrected chi connectivity index (χ3v) is 12.6. The Morgan fingerprint density at radius 3 is 2.39 bits per heavy atom. The molecule has 0 bridgehead atoms. The zero-order valence-corrected chi connectivity index (χ0v) is 31.6. The van der Waals surface area contributed by atoms with E-state index in [1.807, 2.05) is 4.57 Å². The SMILES string of the molecule is Nc1nc(/C(=N/O[C@@H](CC(=O)O)C(=O)O)C(=O)N[C@@H]2C(=O)N3C(C(=O)O)=C(C[N+]4(Cc5cn(C6CC6)c6cc(O)c(O)cc6c5=O)CCCC4)CS[C@H]23)c(Cl)s1. The fourth-order valence-electron chi connectivity index (χ4n) is 7.46. The Bertz CT molecular complexity index is 2320. The second-order valence-corrected chi connectivity index (χ2v) is 16.8. The van der Waals surface area contributed by atoms with E-state index in [0.29, 0.717) is 34.2 Å². The Kier molecular flexibility index (Phi) is 10.4. The van der Waals surface area contributed by atoms with Crippen molar-refractivity contribution in [2.75, 3.05) is 31.1 Å². The quantitative estimate of drug-likeness (QED) is 0.0400. The number of aliphatic carboxylic acids is 3. The number of benzene rings is 1. The zero-order chi connectivity index (χ0) is 40.2. The van der Waals surface area contributed by atoms with Crippen molar-refractivity contribution in [1.29, 1.82) is 0 Å². The number of fused-ring (bicyclic) bond motifs is 2. The number of nitrogen functional groups attached to an aromatic ring is 1. The molecule has 3 aliphatic heterocycles. The van der Waals surface area contributed by atoms with Crippen molar-refractivity contribution >= 4 is 86.2 Å². The molecule has 0 radical (unpaired) electrons. The lowest BCUT2D eigenvalue weighted by molar-refractivity contribution is -0.925. The number of pyridine rings is 1. The number of aromatic nitrogens is 2. The summed E-state index contributed by atoms with van der Waals surface area (Å²) in [6.07, 6.45) is 2.24. The molecule has 3 fully saturated rings. The zero-order valence-electron chi connectivity index (χ0n) is 29.2. The molecular formula is C34H35ClN7O12S2+. The number of carbonyl (C=O) groups excluding carboxylic acids is 2. The normalized spacial score (nSPS) is 21.1. The second-order valence-electron chi connectivity index (χ2n) is 14.1. The van der Waals surface area contributed by atoms with Crippen LogP contribution in [0.5, 0.6) is 11.5 Å². The van der Waals surface area contributed by atoms with E-state index in [1.165, 1.54) is 23.9 Å². The molecule has 4 aliphatic rings. The van der Waals surface area contributed by atoms with Gasteiger partial charge >= 0.3 is 17.9 Å². The number of thiazole rings is 1. The highest BCUT2D eigenvalue weighted by Crippen LogP contribution is 2.43. The minimum Gasteiger partial charge on any atom is -0.504 e. The van der Waals surface area contributed by atoms with Crippen molar-refractivity contribution in [2.24, 2.45) is 5.16 Å². The van der Waals surface area contributed by atoms with E-state index >= 15 is 0 Å². The monoisotopic (exact) mass is 832 g/mol. The van der Waals surface area contributed by atoms with Gasteiger partial charge in [-0.1, -0.05) is 28.1 Å². The first-order valence-corrected chi connectivity index (χ1v) is 19.6. The number of amides is 2. The minimum atomic E-state index is -1.99. The van der Waals surface area contributed by atoms with Gasteiger partial charge in [-0.15, -0.1) is 11.8 Å². The Hall–Kier alpha value is -5.38. The number of aromatic hydroxyl groups is 2. The van der Waals surface area contributed by atoms with Gasteiger partial charge in [0.05, 0.1) is 36.0 Å². The maximum Gasteiger partial charge on any atom is 0.352 e. The second kappa shape index (κ2) is 14.9. The van der Waals surface area contributed by atoms with Crippen LogP contribution < -0.4 is 16.5 Å². The summed E-state index contributed by atoms with van der Waals surface area (Å²) in [6, 6.07) is 1.53. The summed E-state index contributed by atoms with van der Waals surface area (Å²) in [5.41, 5.74) is 5.67. The Balaban J connectivity index is 1.14. The average Bonchev–Trinajstić information content (AvgIpc) is 3.79. The third kappa shape index (κ3) is 7.33. The van der Waals surface area contributed by atoms with Gasteiger partial charge in [0.1, 0.15) is 40.2 Å². The van der Waals surface area contributed by atoms with Crippen molar-refractivity contribution < 1.29 is 58.8 Å². The molecule has 1 saturated carbocycles. The van der Waals surface area contributed by atoms with Gasteiger partial charge in [0, 0.05) is 42.5 Å². The summed E-state index contributed by atoms with van der Waals surface area (Å²) in [5.74, 6) is -6.96. The molecule has 3 aromatic rings. The molecule has 1 aromatic carbocycles. The van der Waals surface area contributed by atoms with Crippen LogP contribution in [0.4, 0.5) is 5.13 Å². The molecule has 0 unspecified atom stereocenters. The lowest BCUT2D eigenvalue weighted by atomic mass is 10.0. The fraction of sp³-hybridized carbons (Fsp3) is 0.412. The van der Waals surface area contributed by atoms with E-state index in [1.54, 1.807) is 6.20 Å². The molecule has 5 heterocycles. The van der Waals surface area contributed by atoms with Gasteiger partial charge in [-0.05, 0) is 18.9 Å². The van der Waals surface area contributed by atoms with Crippen LogP contribution in [0.1, 0.15) is 49.4 Å². The van der Waals surface area contributed by atoms with Crippen LogP contribution in [0.3, 0.4) is 0 Å². The van der Waals surface area contributed by atoms with Crippen molar-refractivity contribution in [3.8, 4) is 11.5 Å². The number of rotatable bonds is 14. The molecule has 8 N–H and O–H groups in total. The molecule has 2 aromatic heterocycles. The largest absolute Gasteiger partial charge is 0.504 e. The number of anilines is 1. The fourth-order valence-corrected chi connectivity index (χ4v) is 9.72. The van der Waals surface area contributed by atoms with E-state index in [9.17, 15) is 49.2 Å². The van der Waals surface area contributed by atoms with Gasteiger partial charge in [-0.25, -0.2) is 14.6 Å². The van der Waals surface area contributed by atoms with Crippen LogP contribution in [-0.4, -0.2) is 123 Å². The molecule has 296 valence electrons. The Morgan fingerprint density at radius 1 is 1.09 bits per heavy atom. The van der Waals surface area contributed by atoms with E-state index in [2.05, 4.69) is 15.5 Å². The van der Waals surface area contributed by atoms with Crippen molar-refractivity contribution in [2.45, 2.75) is 62.2 Å². The number of halogens is 1. The number of quaternary nitrogens is 1. The van der Waals surface area contributed by atoms with Crippen LogP contribution >= 0.6 is 34.7 Å². The lowest BCUT2D eigenvalue weighted by Crippen LogP contribution is -2.71. The molecule has 7 rings (SSSR count). The highest BCUT2D eigenvalue weighted by atomic mass is 35.5. The molecule has 2 saturated heterocycles. The van der Waals surface area contributed by atoms with Crippen molar-refractivity contribution in [3.63, 3.8) is 0 Å². The number of hydrogen-bond donors (Lipinski definition) is 7. The Morgan fingerprint density at radius 2 is 1.79 bits per heavy atom. The van der Waals surface area contributed by atoms with Crippen LogP contribution in [0, 0.1) is 0 Å². The number of thioether (sulfide) groups is 1. The number of phenolic OH excluding ortho intramolecular Hbond substituents is 2. The topological polar surface area (TPSA) is 284 Å². The maximum absolute atomic E-state index is 13.9. The van der Waals surface area contributed by atoms with E-state index in [-0.39, 0.29) is 62.3 Å². The molecular weight excluding hydrogens is 798 g/mol. The predicted molar refractivity (Wildman–Crippen MR) is 200 cm³/mol. The number of hydrogen-bond acceptors (Lipinski definition) is 14. The smallest absolute Gasteiger partial charge is 0.352 e. The number of phenols is 2. The molecule has 3 atom stereocenters. The number of nitrogens with two attached hydrogens (primary N) is 1. The van der Waals surface area contributed by atoms with Crippen LogP contribution in [0.15, 0.2) is 39.5 Å². The first-order chi connectivity index (χ1) is 26.6. The minimum absolute atomic E-state index is 0.0875. The number of carbonyl (C=O) groups is 5. The highest BCUT2D eigenvalue weighted by Gasteiger charge is 2.55. The third-order valence-electron chi connectivity index (χ3n) is 10.2. The maximum atomic E-state index is 13.9. The number of carboxylic acids is 3. The molecule has 22 heteroatoms. The average molecular weight is 833 g/mol. The van der Waals surface area contributed by atoms with Crippen LogP contribution in [0.2, 0.25) is 4.34 Å². The summed E-state index contributed by atoms with van der Waals surface area (Å²) in [7, 11) is 0. The number of carboxylic acid groups (broad SMARTS) is 3. The number of β-lactam (4-membered cyclic amide) rings is 1. The summed E-state index contributed by atoms with van der Waals surface area (Å²) < 4.78 is 2.17. The van der Waals surface area contributed by atoms with Gasteiger partial charge < -0.3 is 50.5 Å². The standard InChI is InChI=1S/C34H34ClN7O12S2/c35-28-23(38-34(36)56-28)24(39-54-21(32(50)51)9-22(45)46)29(48)37-25-30(49)41-26(33(52)53)15(13-55-31(25)41)12-42(5-1-2-6-42)11-14-10-40(16-3-4-16)18-8-20(44)19(43)7-17(18)27(14)47/h7-8,10,16,21,25,31H,1-6,9,11-13H2,(H7-,36,37,38,39,43,44,45,46,47,48,50,51,52,53)/p+1/t21-,25+,31+/m0/s1. The molecule has 56 heavy (non-hydrogen) atoms. The summed E-state index contributed by atoms with van der Waals surface area (Å²) >= 11 is 8.18. The van der Waals surface area contributed by atoms with Gasteiger partial charge in [-0.2, -0.15) is 0 Å². The number of likely N-dealkylation sites (tertiary alicyclic amines) is 1. The van der Waals surface area contributed by atoms with E-state index in [4.69, 9.17) is 27.3 Å². The van der Waals surface area contributed by atoms with Crippen molar-refractivity contribution in [1.82, 2.24) is 19.8 Å². The number of nitrogens with one attached hydrogen (secondary N) is 1. The van der Waals surface area contributed by atoms with Gasteiger partial charge in [0.2, 0.25) is 6.10 Å². The highest BCUT2D eigenvalue weighted by molar-refractivity contribution is 8.00. The summed E-state index contributed by atoms with van der Waals surface area (Å²) in [4.78, 5) is 86.6. The summed E-state index contributed by atoms with van der Waals surface area (Å²) in [6.45, 7) is 1.77. The van der Waals surface area contributed by atoms with Crippen molar-refractivity contribution in [3.05, 3.63) is 55.4 Å². The summed E-state index contributed by atoms with van der Waals surface area (Å²) in [5, 5.41) is 54.7. The Labute approximate surface area is 329 Å². The predicted octanol–water partition coefficient (Wildman–Crippen LogP) is 1.64. The van der Waals surface area contributed by atoms with Gasteiger partial charge in [-0.3, -0.25) is 24.1 Å². The van der Waals surface area contributed by atoms with E-state index in [0.717, 1.165) is 41.9 Å². The number of nitrogens with zero attached hydrogens (tertiary/aromatic N) is 5. The van der Waals surface area contributed by atoms with Crippen LogP contribution in [-0.2, 0) is 35.4 Å². The lowest BCUT2D eigenvalue weighted by Gasteiger charge is -2.50. The van der Waals surface area contributed by atoms with Gasteiger partial charge in [0.15, 0.2) is 27.8 Å². The molecule has 0 spiro atoms. The molecule has 19 nitrogen and oxygen atoms in total. The van der Waals surface area contributed by atoms with E-state index < -0.39 is 65.1 Å². The first-order valence-electron chi connectivity index (χ1n) is 17.3. The van der Waals surface area contributed by atoms with Gasteiger partial charge in [0.25, 0.3) is 11.8 Å². The molecule has 1 aliphatic carbocycles. The van der Waals surface area contributed by atoms with Crippen LogP contribution in [0.25, 0.3) is 10.9 Å². The molecule has 2 amide bonds. The first kappa shape index (κ1) is 38.9. The number of oxime groups is 1.